The zero-order chi connectivity index (χ0) is 77.8. The van der Waals surface area contributed by atoms with Crippen molar-refractivity contribution in [3.8, 4) is 112 Å². The Labute approximate surface area is 682 Å². The predicted octanol–water partition coefficient (Wildman–Crippen LogP) is 33.4. The molecular formula is C112H118N2. The van der Waals surface area contributed by atoms with Crippen LogP contribution < -0.4 is 0 Å². The highest BCUT2D eigenvalue weighted by atomic mass is 14.9. The highest BCUT2D eigenvalue weighted by molar-refractivity contribution is 6.25. The van der Waals surface area contributed by atoms with Gasteiger partial charge in [0.1, 0.15) is 0 Å². The van der Waals surface area contributed by atoms with Gasteiger partial charge in [0.25, 0.3) is 0 Å². The SMILES string of the molecule is CCCCCCCCC1(CCCCCCCC)c2cc(C)ccc2-c2ccc(-c3cc(-c4ccc5c(c4)C(CCCCCCCC)(CCCCCCCC)c4cc(-c6cccc(-c7cc(-c8ccc(-c9ccc(C)cc9)cc8)nc(-c8ccccc8)n7)c6)ccc4-5)cc(-c4ccc5c6ccccc6c6ccccc6c5c4)c3)cc21. The molecule has 0 aliphatic heterocycles. The molecule has 1 aromatic heterocycles. The molecule has 2 aliphatic rings. The molecule has 2 aliphatic carbocycles. The van der Waals surface area contributed by atoms with E-state index in [0.29, 0.717) is 0 Å². The Morgan fingerprint density at radius 1 is 0.202 bits per heavy atom. The second-order valence-corrected chi connectivity index (χ2v) is 34.1. The first-order chi connectivity index (χ1) is 56.1. The third kappa shape index (κ3) is 16.4. The molecule has 0 fully saturated rings. The normalized spacial score (nSPS) is 13.1. The van der Waals surface area contributed by atoms with Crippen LogP contribution in [0.1, 0.15) is 241 Å². The van der Waals surface area contributed by atoms with Crippen LogP contribution in [0.25, 0.3) is 144 Å². The van der Waals surface area contributed by atoms with Crippen LogP contribution in [0.3, 0.4) is 0 Å². The lowest BCUT2D eigenvalue weighted by Gasteiger charge is -2.33. The number of hydrogen-bond acceptors (Lipinski definition) is 2. The van der Waals surface area contributed by atoms with Crippen LogP contribution in [0.15, 0.2) is 267 Å². The van der Waals surface area contributed by atoms with Crippen LogP contribution >= 0.6 is 0 Å². The van der Waals surface area contributed by atoms with Gasteiger partial charge in [0.2, 0.25) is 0 Å². The largest absolute Gasteiger partial charge is 0.228 e. The Morgan fingerprint density at radius 3 is 0.974 bits per heavy atom. The second-order valence-electron chi connectivity index (χ2n) is 34.1. The van der Waals surface area contributed by atoms with Gasteiger partial charge < -0.3 is 0 Å². The Balaban J connectivity index is 0.836. The molecule has 576 valence electrons. The third-order valence-corrected chi connectivity index (χ3v) is 26.2. The topological polar surface area (TPSA) is 25.8 Å². The molecular weight excluding hydrogens is 1370 g/mol. The summed E-state index contributed by atoms with van der Waals surface area (Å²) in [6, 6.07) is 103. The lowest BCUT2D eigenvalue weighted by molar-refractivity contribution is 0.398. The number of aromatic nitrogens is 2. The molecule has 0 saturated heterocycles. The highest BCUT2D eigenvalue weighted by Gasteiger charge is 2.44. The number of nitrogens with zero attached hydrogens (tertiary/aromatic N) is 2. The molecule has 114 heavy (non-hydrogen) atoms. The maximum atomic E-state index is 5.40. The van der Waals surface area contributed by atoms with E-state index in [2.05, 4.69) is 308 Å². The molecule has 1 heterocycles. The van der Waals surface area contributed by atoms with Gasteiger partial charge in [-0.3, -0.25) is 0 Å². The molecule has 16 rings (SSSR count). The molecule has 0 bridgehead atoms. The molecule has 14 aromatic rings. The maximum absolute atomic E-state index is 5.40. The van der Waals surface area contributed by atoms with Gasteiger partial charge in [0, 0.05) is 27.5 Å². The van der Waals surface area contributed by atoms with Crippen LogP contribution in [0.5, 0.6) is 0 Å². The third-order valence-electron chi connectivity index (χ3n) is 26.2. The Morgan fingerprint density at radius 2 is 0.509 bits per heavy atom. The number of rotatable bonds is 36. The highest BCUT2D eigenvalue weighted by Crippen LogP contribution is 2.58. The van der Waals surface area contributed by atoms with Crippen molar-refractivity contribution in [2.45, 2.75) is 232 Å². The summed E-state index contributed by atoms with van der Waals surface area (Å²) in [7, 11) is 0. The maximum Gasteiger partial charge on any atom is 0.160 e. The van der Waals surface area contributed by atoms with E-state index in [1.165, 1.54) is 299 Å². The van der Waals surface area contributed by atoms with Gasteiger partial charge in [-0.05, 0) is 227 Å². The fourth-order valence-corrected chi connectivity index (χ4v) is 19.9. The van der Waals surface area contributed by atoms with E-state index in [1.54, 1.807) is 11.1 Å². The fraction of sp³-hybridized carbons (Fsp3) is 0.321. The van der Waals surface area contributed by atoms with E-state index in [-0.39, 0.29) is 10.8 Å². The van der Waals surface area contributed by atoms with Gasteiger partial charge in [-0.25, -0.2) is 9.97 Å². The molecule has 0 unspecified atom stereocenters. The van der Waals surface area contributed by atoms with E-state index in [9.17, 15) is 0 Å². The standard InChI is InChI=1S/C112H118N2/c1-7-11-15-19-23-34-65-111(66-35-24-20-16-12-8-2)104-69-80(6)49-60-99(104)100-63-58-88(76-106(100)111)92-71-91(86-56-61-98-96-45-31-30-43-94(96)95-44-32-33-46-97(95)103(98)74-86)72-93(73-92)89-59-64-102-101-62-57-87(75-105(101)112(107(102)77-89,67-36-25-21-17-13-9-3)68-37-26-22-18-14-10-4)85-41-38-42-90(70-85)109-78-108(113-110(114-109)84-39-28-27-29-40-84)83-54-52-82(53-55-83)81-50-47-79(5)48-51-81/h27-33,38-64,69-78H,7-26,34-37,65-68H2,1-6H3. The lowest BCUT2D eigenvalue weighted by Crippen LogP contribution is -2.25. The van der Waals surface area contributed by atoms with Gasteiger partial charge in [0.05, 0.1) is 11.4 Å². The summed E-state index contributed by atoms with van der Waals surface area (Å²) in [5, 5.41) is 7.84. The van der Waals surface area contributed by atoms with Crippen LogP contribution in [0.4, 0.5) is 0 Å². The zero-order valence-corrected chi connectivity index (χ0v) is 69.1. The van der Waals surface area contributed by atoms with Crippen LogP contribution in [0.2, 0.25) is 0 Å². The minimum atomic E-state index is -0.184. The molecule has 0 atom stereocenters. The molecule has 0 N–H and O–H groups in total. The predicted molar refractivity (Wildman–Crippen MR) is 492 cm³/mol. The number of hydrogen-bond donors (Lipinski definition) is 0. The lowest BCUT2D eigenvalue weighted by atomic mass is 9.69. The Kier molecular flexibility index (Phi) is 24.5. The average molecular weight is 1490 g/mol. The van der Waals surface area contributed by atoms with Crippen molar-refractivity contribution in [2.24, 2.45) is 0 Å². The van der Waals surface area contributed by atoms with Gasteiger partial charge in [-0.15, -0.1) is 0 Å². The van der Waals surface area contributed by atoms with Crippen LogP contribution in [-0.2, 0) is 10.8 Å². The summed E-state index contributed by atoms with van der Waals surface area (Å²) in [5.41, 5.74) is 31.8. The van der Waals surface area contributed by atoms with Gasteiger partial charge in [-0.1, -0.05) is 405 Å². The summed E-state index contributed by atoms with van der Waals surface area (Å²) in [5.74, 6) is 0.725. The quantitative estimate of drug-likeness (QED) is 0.0289. The van der Waals surface area contributed by atoms with Gasteiger partial charge >= 0.3 is 0 Å². The minimum Gasteiger partial charge on any atom is -0.228 e. The Bertz CT molecular complexity index is 5590. The second kappa shape index (κ2) is 36.0. The summed E-state index contributed by atoms with van der Waals surface area (Å²) in [6.07, 6.45) is 35.5. The molecule has 0 saturated carbocycles. The van der Waals surface area contributed by atoms with Gasteiger partial charge in [0.15, 0.2) is 5.82 Å². The minimum absolute atomic E-state index is 0.0397. The Hall–Kier alpha value is -10.3. The molecule has 2 nitrogen and oxygen atoms in total. The van der Waals surface area contributed by atoms with E-state index >= 15 is 0 Å². The first kappa shape index (κ1) is 77.6. The van der Waals surface area contributed by atoms with E-state index in [1.807, 2.05) is 0 Å². The van der Waals surface area contributed by atoms with Crippen molar-refractivity contribution < 1.29 is 0 Å². The van der Waals surface area contributed by atoms with Crippen LogP contribution in [-0.4, -0.2) is 9.97 Å². The van der Waals surface area contributed by atoms with Crippen LogP contribution in [0, 0.1) is 13.8 Å². The van der Waals surface area contributed by atoms with E-state index in [0.717, 1.165) is 46.7 Å². The summed E-state index contributed by atoms with van der Waals surface area (Å²) < 4.78 is 0. The van der Waals surface area contributed by atoms with Crippen molar-refractivity contribution >= 4 is 32.3 Å². The van der Waals surface area contributed by atoms with Crippen molar-refractivity contribution in [3.05, 3.63) is 300 Å². The smallest absolute Gasteiger partial charge is 0.160 e. The zero-order valence-electron chi connectivity index (χ0n) is 69.1. The van der Waals surface area contributed by atoms with Gasteiger partial charge in [-0.2, -0.15) is 0 Å². The number of benzene rings is 13. The van der Waals surface area contributed by atoms with Crippen molar-refractivity contribution in [2.75, 3.05) is 0 Å². The number of unbranched alkanes of at least 4 members (excludes halogenated alkanes) is 20. The van der Waals surface area contributed by atoms with Crippen molar-refractivity contribution in [3.63, 3.8) is 0 Å². The molecule has 0 spiro atoms. The molecule has 0 radical (unpaired) electrons. The fourth-order valence-electron chi connectivity index (χ4n) is 19.9. The van der Waals surface area contributed by atoms with E-state index < -0.39 is 0 Å². The summed E-state index contributed by atoms with van der Waals surface area (Å²) in [6.45, 7) is 13.9. The first-order valence-electron chi connectivity index (χ1n) is 44.4. The summed E-state index contributed by atoms with van der Waals surface area (Å²) in [4.78, 5) is 10.7. The average Bonchev–Trinajstić information content (AvgIpc) is 1.52. The van der Waals surface area contributed by atoms with E-state index in [4.69, 9.17) is 9.97 Å². The molecule has 2 heteroatoms. The molecule has 0 amide bonds. The van der Waals surface area contributed by atoms with Crippen molar-refractivity contribution in [1.29, 1.82) is 0 Å². The number of aryl methyl sites for hydroxylation is 2. The number of fused-ring (bicyclic) bond motifs is 12. The monoisotopic (exact) mass is 1490 g/mol. The first-order valence-corrected chi connectivity index (χ1v) is 44.4. The van der Waals surface area contributed by atoms with Crippen molar-refractivity contribution in [1.82, 2.24) is 9.97 Å². The molecule has 13 aromatic carbocycles. The summed E-state index contributed by atoms with van der Waals surface area (Å²) >= 11 is 0.